The van der Waals surface area contributed by atoms with Crippen LogP contribution in [0.2, 0.25) is 0 Å². The zero-order valence-corrected chi connectivity index (χ0v) is 36.3. The maximum atomic E-state index is 13.1. The van der Waals surface area contributed by atoms with Crippen LogP contribution >= 0.6 is 0 Å². The molecule has 3 aliphatic carbocycles. The smallest absolute Gasteiger partial charge is 0.453 e. The lowest BCUT2D eigenvalue weighted by Gasteiger charge is -2.53. The van der Waals surface area contributed by atoms with Gasteiger partial charge in [-0.2, -0.15) is 22.0 Å². The van der Waals surface area contributed by atoms with E-state index in [4.69, 9.17) is 9.47 Å². The van der Waals surface area contributed by atoms with Gasteiger partial charge in [0, 0.05) is 46.6 Å². The van der Waals surface area contributed by atoms with Crippen LogP contribution in [0.5, 0.6) is 5.75 Å². The van der Waals surface area contributed by atoms with E-state index in [1.165, 1.54) is 43.2 Å². The second-order valence-corrected chi connectivity index (χ2v) is 19.5. The van der Waals surface area contributed by atoms with Crippen LogP contribution in [0.25, 0.3) is 0 Å². The van der Waals surface area contributed by atoms with Crippen molar-refractivity contribution >= 4 is 22.7 Å². The van der Waals surface area contributed by atoms with Gasteiger partial charge in [-0.3, -0.25) is 9.00 Å². The quantitative estimate of drug-likeness (QED) is 0.0305. The van der Waals surface area contributed by atoms with E-state index in [1.54, 1.807) is 6.08 Å². The topological polar surface area (TPSA) is 69.7 Å². The lowest BCUT2D eigenvalue weighted by Crippen LogP contribution is -2.48. The number of halogens is 5. The van der Waals surface area contributed by atoms with E-state index < -0.39 is 35.7 Å². The fraction of sp³-hybridized carbons (Fsp3) is 0.787. The Labute approximate surface area is 347 Å². The van der Waals surface area contributed by atoms with E-state index >= 15 is 0 Å². The number of esters is 2. The molecule has 0 heterocycles. The summed E-state index contributed by atoms with van der Waals surface area (Å²) in [6, 6.07) is 6.26. The molecule has 0 radical (unpaired) electrons. The third-order valence-corrected chi connectivity index (χ3v) is 14.9. The molecular formula is C47H71F5O5S. The summed E-state index contributed by atoms with van der Waals surface area (Å²) in [5.74, 6) is -2.47. The molecule has 0 spiro atoms. The molecule has 5 nitrogen and oxygen atoms in total. The number of rotatable bonds is 26. The molecule has 1 aromatic carbocycles. The van der Waals surface area contributed by atoms with Crippen LogP contribution in [-0.4, -0.2) is 45.9 Å². The molecule has 1 aromatic rings. The largest absolute Gasteiger partial charge is 0.459 e. The van der Waals surface area contributed by atoms with E-state index in [0.717, 1.165) is 96.3 Å². The SMILES string of the molecule is CCCCCCCC/C=C/C(=O)O[C@H]1CC[C@H]2[C@@H]3[C@H](CCCCCCCCCS(=O)CCCC(F)(F)C(F)(F)F)Cc4cc(OC(=O)CCC)ccc4[C@H]3CC[C@]12C. The Morgan fingerprint density at radius 3 is 2.22 bits per heavy atom. The average Bonchev–Trinajstić information content (AvgIpc) is 3.49. The molecule has 0 bridgehead atoms. The molecular weight excluding hydrogens is 772 g/mol. The third-order valence-electron chi connectivity index (χ3n) is 13.4. The first-order chi connectivity index (χ1) is 27.7. The second kappa shape index (κ2) is 23.6. The Hall–Kier alpha value is -2.30. The van der Waals surface area contributed by atoms with Gasteiger partial charge in [0.2, 0.25) is 0 Å². The van der Waals surface area contributed by atoms with E-state index in [0.29, 0.717) is 48.0 Å². The number of benzene rings is 1. The minimum Gasteiger partial charge on any atom is -0.459 e. The summed E-state index contributed by atoms with van der Waals surface area (Å²) in [7, 11) is -1.39. The molecule has 58 heavy (non-hydrogen) atoms. The van der Waals surface area contributed by atoms with Gasteiger partial charge in [-0.05, 0) is 118 Å². The van der Waals surface area contributed by atoms with Crippen LogP contribution in [0.4, 0.5) is 22.0 Å². The molecule has 2 saturated carbocycles. The molecule has 0 saturated heterocycles. The van der Waals surface area contributed by atoms with Gasteiger partial charge < -0.3 is 9.47 Å². The summed E-state index contributed by atoms with van der Waals surface area (Å²) in [5, 5.41) is 0. The number of unbranched alkanes of at least 4 members (excludes halogenated alkanes) is 12. The van der Waals surface area contributed by atoms with Crippen LogP contribution in [0.15, 0.2) is 30.4 Å². The first kappa shape index (κ1) is 48.4. The van der Waals surface area contributed by atoms with Gasteiger partial charge >= 0.3 is 24.0 Å². The normalized spacial score (nSPS) is 24.9. The number of carbonyl (C=O) groups excluding carboxylic acids is 2. The standard InChI is InChI=1S/C47H71F5O5S/c1-4-6-7-8-9-12-15-18-23-43(54)57-41-27-26-40-44-35(22-17-14-11-10-13-16-19-31-58(55)32-20-29-46(48,49)47(50,51)52)33-36-34-37(56-42(53)21-5-2)24-25-38(36)39(44)28-30-45(40,41)3/h18,23-25,34-35,39-41,44H,4-17,19-22,26-33H2,1-3H3/b23-18+/t35-,39-,40+,41+,44-,45+,58?/m1/s1. The molecule has 330 valence electrons. The van der Waals surface area contributed by atoms with Crippen molar-refractivity contribution in [3.63, 3.8) is 0 Å². The van der Waals surface area contributed by atoms with Crippen LogP contribution in [0.3, 0.4) is 0 Å². The second-order valence-electron chi connectivity index (χ2n) is 17.8. The highest BCUT2D eigenvalue weighted by Crippen LogP contribution is 2.63. The molecule has 2 fully saturated rings. The van der Waals surface area contributed by atoms with E-state index in [2.05, 4.69) is 26.0 Å². The average molecular weight is 843 g/mol. The summed E-state index contributed by atoms with van der Waals surface area (Å²) in [5.41, 5.74) is 2.61. The Morgan fingerprint density at radius 2 is 1.52 bits per heavy atom. The Morgan fingerprint density at radius 1 is 0.845 bits per heavy atom. The van der Waals surface area contributed by atoms with Crippen LogP contribution in [0.1, 0.15) is 185 Å². The van der Waals surface area contributed by atoms with Crippen molar-refractivity contribution in [2.45, 2.75) is 199 Å². The predicted molar refractivity (Wildman–Crippen MR) is 223 cm³/mol. The molecule has 0 aliphatic heterocycles. The highest BCUT2D eigenvalue weighted by atomic mass is 32.2. The first-order valence-electron chi connectivity index (χ1n) is 22.7. The molecule has 0 aromatic heterocycles. The van der Waals surface area contributed by atoms with E-state index in [-0.39, 0.29) is 29.2 Å². The highest BCUT2D eigenvalue weighted by molar-refractivity contribution is 7.84. The van der Waals surface area contributed by atoms with E-state index in [1.807, 2.05) is 19.1 Å². The lowest BCUT2D eigenvalue weighted by atomic mass is 9.52. The molecule has 3 aliphatic rings. The number of ether oxygens (including phenoxy) is 2. The monoisotopic (exact) mass is 842 g/mol. The minimum absolute atomic E-state index is 0.0624. The lowest BCUT2D eigenvalue weighted by molar-refractivity contribution is -0.284. The first-order valence-corrected chi connectivity index (χ1v) is 24.2. The van der Waals surface area contributed by atoms with Crippen molar-refractivity contribution < 1.29 is 45.2 Å². The zero-order chi connectivity index (χ0) is 42.2. The zero-order valence-electron chi connectivity index (χ0n) is 35.5. The van der Waals surface area contributed by atoms with Crippen molar-refractivity contribution in [1.82, 2.24) is 0 Å². The van der Waals surface area contributed by atoms with Gasteiger partial charge in [-0.15, -0.1) is 0 Å². The predicted octanol–water partition coefficient (Wildman–Crippen LogP) is 13.5. The van der Waals surface area contributed by atoms with Crippen LogP contribution in [-0.2, 0) is 31.5 Å². The van der Waals surface area contributed by atoms with E-state index in [9.17, 15) is 35.8 Å². The Bertz CT molecular complexity index is 1480. The van der Waals surface area contributed by atoms with Crippen LogP contribution in [0, 0.1) is 23.2 Å². The summed E-state index contributed by atoms with van der Waals surface area (Å²) < 4.78 is 87.4. The fourth-order valence-electron chi connectivity index (χ4n) is 10.3. The maximum absolute atomic E-state index is 13.1. The Kier molecular flexibility index (Phi) is 19.7. The van der Waals surface area contributed by atoms with Gasteiger partial charge in [0.1, 0.15) is 11.9 Å². The maximum Gasteiger partial charge on any atom is 0.453 e. The van der Waals surface area contributed by atoms with Gasteiger partial charge in [0.05, 0.1) is 0 Å². The van der Waals surface area contributed by atoms with Gasteiger partial charge in [0.15, 0.2) is 0 Å². The molecule has 11 heteroatoms. The number of allylic oxidation sites excluding steroid dienone is 1. The van der Waals surface area contributed by atoms with Crippen molar-refractivity contribution in [1.29, 1.82) is 0 Å². The van der Waals surface area contributed by atoms with Gasteiger partial charge in [0.25, 0.3) is 0 Å². The van der Waals surface area contributed by atoms with Crippen molar-refractivity contribution in [2.24, 2.45) is 23.2 Å². The Balaban J connectivity index is 1.29. The summed E-state index contributed by atoms with van der Waals surface area (Å²) >= 11 is 0. The number of fused-ring (bicyclic) bond motifs is 5. The number of carbonyl (C=O) groups is 2. The number of hydrogen-bond acceptors (Lipinski definition) is 5. The summed E-state index contributed by atoms with van der Waals surface area (Å²) in [4.78, 5) is 25.4. The molecule has 1 unspecified atom stereocenters. The summed E-state index contributed by atoms with van der Waals surface area (Å²) in [6.07, 6.45) is 18.6. The molecule has 0 N–H and O–H groups in total. The van der Waals surface area contributed by atoms with Crippen molar-refractivity contribution in [2.75, 3.05) is 11.5 Å². The van der Waals surface area contributed by atoms with Gasteiger partial charge in [-0.1, -0.05) is 104 Å². The minimum atomic E-state index is -5.56. The van der Waals surface area contributed by atoms with Crippen LogP contribution < -0.4 is 4.74 Å². The summed E-state index contributed by atoms with van der Waals surface area (Å²) in [6.45, 7) is 6.55. The number of hydrogen-bond donors (Lipinski definition) is 0. The fourth-order valence-corrected chi connectivity index (χ4v) is 11.5. The van der Waals surface area contributed by atoms with Crippen molar-refractivity contribution in [3.05, 3.63) is 41.5 Å². The molecule has 0 amide bonds. The third kappa shape index (κ3) is 14.1. The van der Waals surface area contributed by atoms with Crippen molar-refractivity contribution in [3.8, 4) is 5.75 Å². The van der Waals surface area contributed by atoms with Gasteiger partial charge in [-0.25, -0.2) is 4.79 Å². The molecule has 4 rings (SSSR count). The number of alkyl halides is 5. The highest BCUT2D eigenvalue weighted by Gasteiger charge is 2.58. The molecule has 7 atom stereocenters.